The summed E-state index contributed by atoms with van der Waals surface area (Å²) in [5.74, 6) is -0.189. The number of hydrogen-bond acceptors (Lipinski definition) is 2. The highest BCUT2D eigenvalue weighted by atomic mass is 79.9. The van der Waals surface area contributed by atoms with E-state index in [0.29, 0.717) is 6.61 Å². The molecule has 1 aliphatic carbocycles. The molecule has 0 bridgehead atoms. The topological polar surface area (TPSA) is 26.3 Å². The molecule has 92 valence electrons. The molecule has 0 radical (unpaired) electrons. The van der Waals surface area contributed by atoms with Crippen LogP contribution in [0.2, 0.25) is 0 Å². The van der Waals surface area contributed by atoms with Crippen molar-refractivity contribution < 1.29 is 9.53 Å². The largest absolute Gasteiger partial charge is 0.462 e. The number of fused-ring (bicyclic) bond motifs is 1. The van der Waals surface area contributed by atoms with Gasteiger partial charge in [-0.15, -0.1) is 0 Å². The van der Waals surface area contributed by atoms with E-state index in [2.05, 4.69) is 22.9 Å². The molecular weight excluding hydrogens is 280 g/mol. The molecule has 0 aliphatic heterocycles. The van der Waals surface area contributed by atoms with Crippen LogP contribution in [-0.4, -0.2) is 12.6 Å². The maximum Gasteiger partial charge on any atom is 0.338 e. The van der Waals surface area contributed by atoms with Crippen molar-refractivity contribution in [2.75, 3.05) is 6.61 Å². The lowest BCUT2D eigenvalue weighted by atomic mass is 9.85. The lowest BCUT2D eigenvalue weighted by molar-refractivity contribution is 0.0524. The Morgan fingerprint density at radius 3 is 2.65 bits per heavy atom. The normalized spacial score (nSPS) is 14.3. The molecule has 0 amide bonds. The summed E-state index contributed by atoms with van der Waals surface area (Å²) >= 11 is 3.54. The first-order valence-corrected chi connectivity index (χ1v) is 6.92. The van der Waals surface area contributed by atoms with Gasteiger partial charge in [-0.2, -0.15) is 0 Å². The fraction of sp³-hybridized carbons (Fsp3) is 0.500. The van der Waals surface area contributed by atoms with E-state index in [-0.39, 0.29) is 5.97 Å². The Morgan fingerprint density at radius 1 is 1.35 bits per heavy atom. The molecule has 1 aromatic rings. The Labute approximate surface area is 110 Å². The first-order valence-electron chi connectivity index (χ1n) is 6.13. The van der Waals surface area contributed by atoms with Gasteiger partial charge in [-0.25, -0.2) is 4.79 Å². The summed E-state index contributed by atoms with van der Waals surface area (Å²) in [7, 11) is 0. The van der Waals surface area contributed by atoms with Crippen molar-refractivity contribution in [2.24, 2.45) is 0 Å². The molecule has 0 saturated carbocycles. The first-order chi connectivity index (χ1) is 8.15. The quantitative estimate of drug-likeness (QED) is 0.776. The smallest absolute Gasteiger partial charge is 0.338 e. The molecule has 1 aromatic carbocycles. The predicted octanol–water partition coefficient (Wildman–Crippen LogP) is 3.81. The summed E-state index contributed by atoms with van der Waals surface area (Å²) in [6.07, 6.45) is 4.46. The number of halogens is 1. The average molecular weight is 297 g/mol. The van der Waals surface area contributed by atoms with Crippen molar-refractivity contribution in [1.29, 1.82) is 0 Å². The van der Waals surface area contributed by atoms with Gasteiger partial charge in [0, 0.05) is 4.47 Å². The van der Waals surface area contributed by atoms with Crippen molar-refractivity contribution >= 4 is 21.9 Å². The van der Waals surface area contributed by atoms with E-state index in [0.717, 1.165) is 22.9 Å². The number of rotatable bonds is 2. The fourth-order valence-electron chi connectivity index (χ4n) is 2.47. The van der Waals surface area contributed by atoms with Crippen molar-refractivity contribution in [2.45, 2.75) is 39.5 Å². The van der Waals surface area contributed by atoms with E-state index in [1.165, 1.54) is 29.5 Å². The molecular formula is C14H17BrO2. The highest BCUT2D eigenvalue weighted by Gasteiger charge is 2.21. The molecule has 0 heterocycles. The van der Waals surface area contributed by atoms with E-state index < -0.39 is 0 Å². The second kappa shape index (κ2) is 5.21. The van der Waals surface area contributed by atoms with Gasteiger partial charge in [0.05, 0.1) is 12.2 Å². The zero-order valence-corrected chi connectivity index (χ0v) is 11.9. The van der Waals surface area contributed by atoms with Crippen molar-refractivity contribution in [3.63, 3.8) is 0 Å². The third kappa shape index (κ3) is 2.39. The molecule has 0 aromatic heterocycles. The third-order valence-corrected chi connectivity index (χ3v) is 4.19. The molecule has 2 rings (SSSR count). The summed E-state index contributed by atoms with van der Waals surface area (Å²) in [4.78, 5) is 11.9. The standard InChI is InChI=1S/C14H17BrO2/c1-3-17-14(16)12-8-13(15)9(2)10-6-4-5-7-11(10)12/h8H,3-7H2,1-2H3. The van der Waals surface area contributed by atoms with Gasteiger partial charge in [0.2, 0.25) is 0 Å². The lowest BCUT2D eigenvalue weighted by Gasteiger charge is -2.22. The second-order valence-corrected chi connectivity index (χ2v) is 5.27. The molecule has 17 heavy (non-hydrogen) atoms. The van der Waals surface area contributed by atoms with E-state index in [4.69, 9.17) is 4.74 Å². The van der Waals surface area contributed by atoms with Crippen LogP contribution >= 0.6 is 15.9 Å². The molecule has 0 saturated heterocycles. The van der Waals surface area contributed by atoms with Crippen molar-refractivity contribution in [1.82, 2.24) is 0 Å². The van der Waals surface area contributed by atoms with Crippen LogP contribution in [0.3, 0.4) is 0 Å². The summed E-state index contributed by atoms with van der Waals surface area (Å²) < 4.78 is 6.14. The van der Waals surface area contributed by atoms with Crippen molar-refractivity contribution in [3.8, 4) is 0 Å². The lowest BCUT2D eigenvalue weighted by Crippen LogP contribution is -2.14. The van der Waals surface area contributed by atoms with Gasteiger partial charge >= 0.3 is 5.97 Å². The zero-order valence-electron chi connectivity index (χ0n) is 10.3. The number of esters is 1. The van der Waals surface area contributed by atoms with Crippen LogP contribution in [0.1, 0.15) is 46.8 Å². The van der Waals surface area contributed by atoms with Gasteiger partial charge in [-0.1, -0.05) is 15.9 Å². The highest BCUT2D eigenvalue weighted by molar-refractivity contribution is 9.10. The monoisotopic (exact) mass is 296 g/mol. The van der Waals surface area contributed by atoms with E-state index in [1.54, 1.807) is 0 Å². The Bertz CT molecular complexity index is 452. The molecule has 0 spiro atoms. The SMILES string of the molecule is CCOC(=O)c1cc(Br)c(C)c2c1CCCC2. The van der Waals surface area contributed by atoms with Crippen LogP contribution in [-0.2, 0) is 17.6 Å². The van der Waals surface area contributed by atoms with Gasteiger partial charge in [0.15, 0.2) is 0 Å². The van der Waals surface area contributed by atoms with Crippen LogP contribution in [0.25, 0.3) is 0 Å². The number of benzene rings is 1. The molecule has 3 heteroatoms. The second-order valence-electron chi connectivity index (χ2n) is 4.42. The minimum Gasteiger partial charge on any atom is -0.462 e. The molecule has 0 atom stereocenters. The summed E-state index contributed by atoms with van der Waals surface area (Å²) in [5.41, 5.74) is 4.57. The van der Waals surface area contributed by atoms with Gasteiger partial charge in [0.25, 0.3) is 0 Å². The summed E-state index contributed by atoms with van der Waals surface area (Å²) in [5, 5.41) is 0. The van der Waals surface area contributed by atoms with Crippen LogP contribution in [0.5, 0.6) is 0 Å². The minimum absolute atomic E-state index is 0.189. The van der Waals surface area contributed by atoms with Gasteiger partial charge < -0.3 is 4.74 Å². The summed E-state index contributed by atoms with van der Waals surface area (Å²) in [6.45, 7) is 4.38. The Balaban J connectivity index is 2.52. The van der Waals surface area contributed by atoms with Crippen LogP contribution < -0.4 is 0 Å². The fourth-order valence-corrected chi connectivity index (χ4v) is 2.94. The molecule has 0 fully saturated rings. The number of ether oxygens (including phenoxy) is 1. The predicted molar refractivity (Wildman–Crippen MR) is 71.5 cm³/mol. The molecule has 0 unspecified atom stereocenters. The van der Waals surface area contributed by atoms with Gasteiger partial charge in [-0.3, -0.25) is 0 Å². The Kier molecular flexibility index (Phi) is 3.87. The van der Waals surface area contributed by atoms with Gasteiger partial charge in [-0.05, 0) is 62.3 Å². The molecule has 1 aliphatic rings. The summed E-state index contributed by atoms with van der Waals surface area (Å²) in [6, 6.07) is 1.91. The van der Waals surface area contributed by atoms with E-state index in [1.807, 2.05) is 13.0 Å². The Morgan fingerprint density at radius 2 is 2.00 bits per heavy atom. The van der Waals surface area contributed by atoms with Crippen LogP contribution in [0, 0.1) is 6.92 Å². The molecule has 2 nitrogen and oxygen atoms in total. The van der Waals surface area contributed by atoms with Crippen LogP contribution in [0.15, 0.2) is 10.5 Å². The number of hydrogen-bond donors (Lipinski definition) is 0. The maximum atomic E-state index is 11.9. The zero-order chi connectivity index (χ0) is 12.4. The highest BCUT2D eigenvalue weighted by Crippen LogP contribution is 2.32. The molecule has 0 N–H and O–H groups in total. The number of carbonyl (C=O) groups excluding carboxylic acids is 1. The Hall–Kier alpha value is -0.830. The minimum atomic E-state index is -0.189. The third-order valence-electron chi connectivity index (χ3n) is 3.37. The van der Waals surface area contributed by atoms with Crippen molar-refractivity contribution in [3.05, 3.63) is 32.8 Å². The first kappa shape index (κ1) is 12.6. The van der Waals surface area contributed by atoms with E-state index >= 15 is 0 Å². The van der Waals surface area contributed by atoms with Crippen LogP contribution in [0.4, 0.5) is 0 Å². The van der Waals surface area contributed by atoms with Gasteiger partial charge in [0.1, 0.15) is 0 Å². The average Bonchev–Trinajstić information content (AvgIpc) is 2.34. The van der Waals surface area contributed by atoms with E-state index in [9.17, 15) is 4.79 Å². The maximum absolute atomic E-state index is 11.9. The number of carbonyl (C=O) groups is 1.